The number of anilines is 3. The molecule has 0 saturated heterocycles. The second kappa shape index (κ2) is 9.38. The SMILES string of the molecule is COc1ccc2[nH]cc(CCNc3nc(CC(N)=O)cc(Nc4ccc5[nH]c(C)cc5c4)n3)c2c1. The van der Waals surface area contributed by atoms with E-state index in [1.807, 2.05) is 49.5 Å². The predicted octanol–water partition coefficient (Wildman–Crippen LogP) is 4.18. The van der Waals surface area contributed by atoms with Crippen LogP contribution < -0.4 is 21.1 Å². The van der Waals surface area contributed by atoms with Crippen molar-refractivity contribution < 1.29 is 9.53 Å². The number of rotatable bonds is 9. The monoisotopic (exact) mass is 469 g/mol. The Bertz CT molecular complexity index is 1520. The van der Waals surface area contributed by atoms with Crippen molar-refractivity contribution in [1.29, 1.82) is 0 Å². The first-order chi connectivity index (χ1) is 17.0. The molecule has 5 aromatic rings. The van der Waals surface area contributed by atoms with E-state index in [4.69, 9.17) is 10.5 Å². The van der Waals surface area contributed by atoms with Crippen molar-refractivity contribution in [2.75, 3.05) is 24.3 Å². The lowest BCUT2D eigenvalue weighted by atomic mass is 10.1. The molecule has 0 aliphatic carbocycles. The molecule has 35 heavy (non-hydrogen) atoms. The Morgan fingerprint density at radius 3 is 2.77 bits per heavy atom. The van der Waals surface area contributed by atoms with Gasteiger partial charge in [-0.05, 0) is 61.4 Å². The van der Waals surface area contributed by atoms with Crippen LogP contribution in [0.15, 0.2) is 54.7 Å². The summed E-state index contributed by atoms with van der Waals surface area (Å²) in [6, 6.07) is 15.8. The van der Waals surface area contributed by atoms with Gasteiger partial charge in [-0.1, -0.05) is 0 Å². The molecule has 0 atom stereocenters. The van der Waals surface area contributed by atoms with Crippen LogP contribution in [0.1, 0.15) is 17.0 Å². The molecule has 6 N–H and O–H groups in total. The zero-order valence-corrected chi connectivity index (χ0v) is 19.6. The van der Waals surface area contributed by atoms with Gasteiger partial charge in [0.2, 0.25) is 11.9 Å². The van der Waals surface area contributed by atoms with Crippen LogP contribution in [0.2, 0.25) is 0 Å². The maximum atomic E-state index is 11.5. The zero-order valence-electron chi connectivity index (χ0n) is 19.6. The van der Waals surface area contributed by atoms with Crippen LogP contribution in [0.3, 0.4) is 0 Å². The molecule has 9 heteroatoms. The molecule has 0 aliphatic rings. The summed E-state index contributed by atoms with van der Waals surface area (Å²) in [5.74, 6) is 1.39. The molecule has 178 valence electrons. The number of H-pyrrole nitrogens is 2. The normalized spacial score (nSPS) is 11.1. The Morgan fingerprint density at radius 2 is 1.94 bits per heavy atom. The minimum atomic E-state index is -0.447. The van der Waals surface area contributed by atoms with Gasteiger partial charge < -0.3 is 31.1 Å². The number of methoxy groups -OCH3 is 1. The number of hydrogen-bond acceptors (Lipinski definition) is 6. The van der Waals surface area contributed by atoms with Crippen molar-refractivity contribution >= 4 is 45.2 Å². The Labute approximate surface area is 202 Å². The van der Waals surface area contributed by atoms with Gasteiger partial charge in [0.15, 0.2) is 0 Å². The molecule has 2 aromatic carbocycles. The summed E-state index contributed by atoms with van der Waals surface area (Å²) >= 11 is 0. The van der Waals surface area contributed by atoms with E-state index in [1.165, 1.54) is 0 Å². The Balaban J connectivity index is 1.34. The number of amides is 1. The second-order valence-electron chi connectivity index (χ2n) is 8.49. The standard InChI is InChI=1S/C26H27N7O2/c1-15-9-17-10-18(3-5-22(17)30-15)31-25-12-19(11-24(27)34)32-26(33-25)28-8-7-16-14-29-23-6-4-20(35-2)13-21(16)23/h3-6,9-10,12-14,29-30H,7-8,11H2,1-2H3,(H2,27,34)(H2,28,31,32,33). The van der Waals surface area contributed by atoms with Crippen molar-refractivity contribution in [2.45, 2.75) is 19.8 Å². The smallest absolute Gasteiger partial charge is 0.224 e. The number of aromatic amines is 2. The molecular weight excluding hydrogens is 442 g/mol. The fraction of sp³-hybridized carbons (Fsp3) is 0.192. The highest BCUT2D eigenvalue weighted by Gasteiger charge is 2.10. The van der Waals surface area contributed by atoms with Gasteiger partial charge in [0.25, 0.3) is 0 Å². The molecule has 0 aliphatic heterocycles. The van der Waals surface area contributed by atoms with Gasteiger partial charge in [0.05, 0.1) is 19.2 Å². The van der Waals surface area contributed by atoms with E-state index in [1.54, 1.807) is 13.2 Å². The number of ether oxygens (including phenoxy) is 1. The van der Waals surface area contributed by atoms with Gasteiger partial charge in [-0.3, -0.25) is 4.79 Å². The highest BCUT2D eigenvalue weighted by Crippen LogP contribution is 2.25. The molecule has 0 saturated carbocycles. The first kappa shape index (κ1) is 22.3. The van der Waals surface area contributed by atoms with Crippen LogP contribution in [0.4, 0.5) is 17.5 Å². The van der Waals surface area contributed by atoms with Crippen LogP contribution >= 0.6 is 0 Å². The quantitative estimate of drug-likeness (QED) is 0.220. The predicted molar refractivity (Wildman–Crippen MR) is 138 cm³/mol. The van der Waals surface area contributed by atoms with Crippen LogP contribution in [-0.4, -0.2) is 39.5 Å². The van der Waals surface area contributed by atoms with E-state index in [-0.39, 0.29) is 6.42 Å². The number of nitrogens with zero attached hydrogens (tertiary/aromatic N) is 2. The number of fused-ring (bicyclic) bond motifs is 2. The lowest BCUT2D eigenvalue weighted by Crippen LogP contribution is -2.16. The summed E-state index contributed by atoms with van der Waals surface area (Å²) in [6.45, 7) is 2.64. The Kier molecular flexibility index (Phi) is 5.97. The van der Waals surface area contributed by atoms with E-state index in [2.05, 4.69) is 36.6 Å². The zero-order chi connectivity index (χ0) is 24.4. The highest BCUT2D eigenvalue weighted by molar-refractivity contribution is 5.85. The second-order valence-corrected chi connectivity index (χ2v) is 8.49. The first-order valence-electron chi connectivity index (χ1n) is 11.4. The van der Waals surface area contributed by atoms with Gasteiger partial charge in [-0.15, -0.1) is 0 Å². The lowest BCUT2D eigenvalue weighted by molar-refractivity contribution is -0.117. The number of hydrogen-bond donors (Lipinski definition) is 5. The van der Waals surface area contributed by atoms with Crippen LogP contribution in [0, 0.1) is 6.92 Å². The third kappa shape index (κ3) is 5.03. The van der Waals surface area contributed by atoms with Gasteiger partial charge in [-0.2, -0.15) is 4.98 Å². The van der Waals surface area contributed by atoms with Crippen molar-refractivity contribution in [3.63, 3.8) is 0 Å². The van der Waals surface area contributed by atoms with E-state index < -0.39 is 5.91 Å². The first-order valence-corrected chi connectivity index (χ1v) is 11.4. The molecular formula is C26H27N7O2. The minimum absolute atomic E-state index is 0.0319. The van der Waals surface area contributed by atoms with E-state index in [0.717, 1.165) is 50.9 Å². The average molecular weight is 470 g/mol. The van der Waals surface area contributed by atoms with Gasteiger partial charge in [-0.25, -0.2) is 4.98 Å². The maximum Gasteiger partial charge on any atom is 0.224 e. The van der Waals surface area contributed by atoms with E-state index in [0.29, 0.717) is 24.0 Å². The molecule has 0 fully saturated rings. The summed E-state index contributed by atoms with van der Waals surface area (Å²) in [6.07, 6.45) is 2.79. The number of carbonyl (C=O) groups is 1. The number of carbonyl (C=O) groups excluding carboxylic acids is 1. The highest BCUT2D eigenvalue weighted by atomic mass is 16.5. The summed E-state index contributed by atoms with van der Waals surface area (Å²) in [5.41, 5.74) is 11.3. The summed E-state index contributed by atoms with van der Waals surface area (Å²) in [4.78, 5) is 27.2. The number of nitrogens with one attached hydrogen (secondary N) is 4. The summed E-state index contributed by atoms with van der Waals surface area (Å²) in [7, 11) is 1.66. The van der Waals surface area contributed by atoms with E-state index in [9.17, 15) is 4.79 Å². The molecule has 3 heterocycles. The molecule has 1 amide bonds. The van der Waals surface area contributed by atoms with Crippen molar-refractivity contribution in [1.82, 2.24) is 19.9 Å². The molecule has 0 spiro atoms. The number of aromatic nitrogens is 4. The van der Waals surface area contributed by atoms with Crippen LogP contribution in [-0.2, 0) is 17.6 Å². The Morgan fingerprint density at radius 1 is 1.09 bits per heavy atom. The third-order valence-corrected chi connectivity index (χ3v) is 5.81. The van der Waals surface area contributed by atoms with Crippen molar-refractivity contribution in [3.05, 3.63) is 71.7 Å². The largest absolute Gasteiger partial charge is 0.497 e. The number of benzene rings is 2. The van der Waals surface area contributed by atoms with E-state index >= 15 is 0 Å². The summed E-state index contributed by atoms with van der Waals surface area (Å²) < 4.78 is 5.36. The molecule has 9 nitrogen and oxygen atoms in total. The maximum absolute atomic E-state index is 11.5. The number of nitrogens with two attached hydrogens (primary N) is 1. The molecule has 3 aromatic heterocycles. The van der Waals surface area contributed by atoms with Gasteiger partial charge in [0, 0.05) is 52.0 Å². The van der Waals surface area contributed by atoms with Crippen molar-refractivity contribution in [3.8, 4) is 5.75 Å². The van der Waals surface area contributed by atoms with Gasteiger partial charge >= 0.3 is 0 Å². The lowest BCUT2D eigenvalue weighted by Gasteiger charge is -2.11. The van der Waals surface area contributed by atoms with Crippen LogP contribution in [0.25, 0.3) is 21.8 Å². The fourth-order valence-corrected chi connectivity index (χ4v) is 4.21. The third-order valence-electron chi connectivity index (χ3n) is 5.81. The minimum Gasteiger partial charge on any atom is -0.497 e. The van der Waals surface area contributed by atoms with Crippen LogP contribution in [0.5, 0.6) is 5.75 Å². The number of primary amides is 1. The topological polar surface area (TPSA) is 134 Å². The Hall–Kier alpha value is -4.53. The number of aryl methyl sites for hydroxylation is 1. The molecule has 0 radical (unpaired) electrons. The molecule has 0 unspecified atom stereocenters. The summed E-state index contributed by atoms with van der Waals surface area (Å²) in [5, 5.41) is 8.83. The van der Waals surface area contributed by atoms with Gasteiger partial charge in [0.1, 0.15) is 11.6 Å². The molecule has 5 rings (SSSR count). The fourth-order valence-electron chi connectivity index (χ4n) is 4.21. The van der Waals surface area contributed by atoms with Crippen molar-refractivity contribution in [2.24, 2.45) is 5.73 Å². The molecule has 0 bridgehead atoms. The average Bonchev–Trinajstić information content (AvgIpc) is 3.40.